The molecule has 2 aliphatic heterocycles. The van der Waals surface area contributed by atoms with E-state index in [9.17, 15) is 9.59 Å². The number of thioether (sulfide) groups is 1. The Morgan fingerprint density at radius 3 is 2.68 bits per heavy atom. The van der Waals surface area contributed by atoms with Gasteiger partial charge in [0, 0.05) is 35.4 Å². The van der Waals surface area contributed by atoms with Crippen molar-refractivity contribution in [1.29, 1.82) is 0 Å². The van der Waals surface area contributed by atoms with Crippen LogP contribution >= 0.6 is 23.1 Å². The van der Waals surface area contributed by atoms with Gasteiger partial charge in [0.25, 0.3) is 0 Å². The minimum atomic E-state index is -0.404. The van der Waals surface area contributed by atoms with Crippen LogP contribution in [0.4, 0.5) is 0 Å². The van der Waals surface area contributed by atoms with Crippen LogP contribution in [-0.2, 0) is 27.4 Å². The molecule has 37 heavy (non-hydrogen) atoms. The maximum atomic E-state index is 13.4. The van der Waals surface area contributed by atoms with Gasteiger partial charge >= 0.3 is 5.97 Å². The van der Waals surface area contributed by atoms with Gasteiger partial charge in [0.15, 0.2) is 5.17 Å². The van der Waals surface area contributed by atoms with E-state index in [0.29, 0.717) is 24.2 Å². The monoisotopic (exact) mass is 530 g/mol. The van der Waals surface area contributed by atoms with Crippen LogP contribution in [0.25, 0.3) is 0 Å². The Morgan fingerprint density at radius 1 is 1.08 bits per heavy atom. The van der Waals surface area contributed by atoms with Crippen LogP contribution in [0.15, 0.2) is 99.6 Å². The quantitative estimate of drug-likeness (QED) is 0.383. The number of nitrogens with zero attached hydrogens (tertiary/aromatic N) is 3. The van der Waals surface area contributed by atoms with Crippen molar-refractivity contribution in [3.05, 3.63) is 111 Å². The number of hydrogen-bond donors (Lipinski definition) is 1. The largest absolute Gasteiger partial charge is 0.457 e. The maximum Gasteiger partial charge on any atom is 0.338 e. The molecule has 1 N–H and O–H groups in total. The van der Waals surface area contributed by atoms with Gasteiger partial charge in [-0.2, -0.15) is 0 Å². The van der Waals surface area contributed by atoms with E-state index in [-0.39, 0.29) is 18.9 Å². The Bertz CT molecular complexity index is 1350. The standard InChI is InChI=1S/C28H26N4O3S2/c1-19-25(27(34)35-17-20-8-3-2-4-9-20)26(23-11-7-15-36-23)32-22(18-37-28(32)31-19)16-24(33)30-14-12-21-10-5-6-13-29-21/h2-11,13,15,18,26H,12,14,16-17H2,1H3,(H,30,33). The molecule has 0 saturated heterocycles. The van der Waals surface area contributed by atoms with Crippen LogP contribution in [0.1, 0.15) is 35.5 Å². The van der Waals surface area contributed by atoms with Crippen molar-refractivity contribution < 1.29 is 14.3 Å². The molecule has 0 fully saturated rings. The first-order valence-corrected chi connectivity index (χ1v) is 13.7. The topological polar surface area (TPSA) is 83.9 Å². The molecule has 188 valence electrons. The Labute approximate surface area is 224 Å². The highest BCUT2D eigenvalue weighted by Crippen LogP contribution is 2.45. The van der Waals surface area contributed by atoms with Crippen molar-refractivity contribution in [3.63, 3.8) is 0 Å². The number of hydrogen-bond acceptors (Lipinski definition) is 8. The first-order chi connectivity index (χ1) is 18.1. The molecule has 0 aliphatic carbocycles. The average molecular weight is 531 g/mol. The zero-order valence-corrected chi connectivity index (χ0v) is 21.9. The molecule has 0 radical (unpaired) electrons. The lowest BCUT2D eigenvalue weighted by Crippen LogP contribution is -2.37. The minimum absolute atomic E-state index is 0.0894. The fourth-order valence-corrected chi connectivity index (χ4v) is 6.04. The summed E-state index contributed by atoms with van der Waals surface area (Å²) in [6.45, 7) is 2.52. The molecule has 0 saturated carbocycles. The van der Waals surface area contributed by atoms with Crippen LogP contribution in [0.2, 0.25) is 0 Å². The minimum Gasteiger partial charge on any atom is -0.457 e. The number of fused-ring (bicyclic) bond motifs is 1. The van der Waals surface area contributed by atoms with Crippen molar-refractivity contribution in [2.24, 2.45) is 4.99 Å². The smallest absolute Gasteiger partial charge is 0.338 e. The van der Waals surface area contributed by atoms with E-state index in [0.717, 1.165) is 27.0 Å². The van der Waals surface area contributed by atoms with Crippen LogP contribution < -0.4 is 5.32 Å². The summed E-state index contributed by atoms with van der Waals surface area (Å²) in [6.07, 6.45) is 2.59. The number of ether oxygens (including phenoxy) is 1. The molecule has 3 aromatic rings. The molecule has 1 unspecified atom stereocenters. The van der Waals surface area contributed by atoms with Crippen molar-refractivity contribution in [1.82, 2.24) is 15.2 Å². The Morgan fingerprint density at radius 2 is 1.92 bits per heavy atom. The van der Waals surface area contributed by atoms with Gasteiger partial charge < -0.3 is 15.0 Å². The lowest BCUT2D eigenvalue weighted by atomic mass is 9.99. The van der Waals surface area contributed by atoms with E-state index in [1.807, 2.05) is 83.3 Å². The molecule has 1 amide bonds. The number of benzene rings is 1. The summed E-state index contributed by atoms with van der Waals surface area (Å²) >= 11 is 3.03. The first-order valence-electron chi connectivity index (χ1n) is 12.0. The molecule has 2 aromatic heterocycles. The molecule has 4 heterocycles. The summed E-state index contributed by atoms with van der Waals surface area (Å²) in [5.74, 6) is -0.493. The number of allylic oxidation sites excluding steroid dienone is 1. The first kappa shape index (κ1) is 25.0. The molecular formula is C28H26N4O3S2. The van der Waals surface area contributed by atoms with E-state index >= 15 is 0 Å². The van der Waals surface area contributed by atoms with E-state index < -0.39 is 12.0 Å². The summed E-state index contributed by atoms with van der Waals surface area (Å²) < 4.78 is 5.73. The number of carbonyl (C=O) groups is 2. The number of esters is 1. The van der Waals surface area contributed by atoms with Crippen LogP contribution in [0.5, 0.6) is 0 Å². The predicted molar refractivity (Wildman–Crippen MR) is 147 cm³/mol. The van der Waals surface area contributed by atoms with Crippen molar-refractivity contribution in [3.8, 4) is 0 Å². The summed E-state index contributed by atoms with van der Waals surface area (Å²) in [5.41, 5.74) is 3.77. The van der Waals surface area contributed by atoms with Crippen LogP contribution in [-0.4, -0.2) is 33.5 Å². The van der Waals surface area contributed by atoms with Gasteiger partial charge in [-0.15, -0.1) is 11.3 Å². The van der Waals surface area contributed by atoms with Crippen LogP contribution in [0.3, 0.4) is 0 Å². The molecule has 9 heteroatoms. The number of amides is 1. The van der Waals surface area contributed by atoms with E-state index in [4.69, 9.17) is 9.73 Å². The number of thiophene rings is 1. The molecule has 1 aromatic carbocycles. The number of amidine groups is 1. The highest BCUT2D eigenvalue weighted by Gasteiger charge is 2.41. The Hall–Kier alpha value is -3.69. The van der Waals surface area contributed by atoms with E-state index in [1.54, 1.807) is 17.5 Å². The van der Waals surface area contributed by atoms with Crippen LogP contribution in [0, 0.1) is 0 Å². The zero-order valence-electron chi connectivity index (χ0n) is 20.3. The highest BCUT2D eigenvalue weighted by atomic mass is 32.2. The second kappa shape index (κ2) is 11.6. The molecule has 7 nitrogen and oxygen atoms in total. The number of nitrogens with one attached hydrogen (secondary N) is 1. The summed E-state index contributed by atoms with van der Waals surface area (Å²) in [6, 6.07) is 18.9. The van der Waals surface area contributed by atoms with Crippen molar-refractivity contribution >= 4 is 40.1 Å². The second-order valence-corrected chi connectivity index (χ2v) is 10.4. The molecule has 0 bridgehead atoms. The summed E-state index contributed by atoms with van der Waals surface area (Å²) in [4.78, 5) is 38.3. The predicted octanol–water partition coefficient (Wildman–Crippen LogP) is 5.21. The molecule has 2 aliphatic rings. The number of rotatable bonds is 9. The molecule has 0 spiro atoms. The van der Waals surface area contributed by atoms with Gasteiger partial charge in [-0.05, 0) is 41.5 Å². The Balaban J connectivity index is 1.31. The van der Waals surface area contributed by atoms with E-state index in [1.165, 1.54) is 11.8 Å². The normalized spacial score (nSPS) is 16.7. The zero-order chi connectivity index (χ0) is 25.6. The van der Waals surface area contributed by atoms with E-state index in [2.05, 4.69) is 10.3 Å². The number of aromatic nitrogens is 1. The highest BCUT2D eigenvalue weighted by molar-refractivity contribution is 8.16. The van der Waals surface area contributed by atoms with Crippen molar-refractivity contribution in [2.75, 3.05) is 6.54 Å². The van der Waals surface area contributed by atoms with Gasteiger partial charge in [-0.25, -0.2) is 9.79 Å². The fourth-order valence-electron chi connectivity index (χ4n) is 4.25. The number of aliphatic imine (C=N–C) groups is 1. The third-order valence-electron chi connectivity index (χ3n) is 6.02. The second-order valence-electron chi connectivity index (χ2n) is 8.57. The van der Waals surface area contributed by atoms with Gasteiger partial charge in [0.1, 0.15) is 12.6 Å². The maximum absolute atomic E-state index is 13.4. The van der Waals surface area contributed by atoms with Crippen molar-refractivity contribution in [2.45, 2.75) is 32.4 Å². The Kier molecular flexibility index (Phi) is 7.82. The number of carbonyl (C=O) groups excluding carboxylic acids is 2. The lowest BCUT2D eigenvalue weighted by molar-refractivity contribution is -0.141. The van der Waals surface area contributed by atoms with Gasteiger partial charge in [-0.3, -0.25) is 9.78 Å². The molecule has 1 atom stereocenters. The molecular weight excluding hydrogens is 504 g/mol. The third-order valence-corrected chi connectivity index (χ3v) is 7.83. The summed E-state index contributed by atoms with van der Waals surface area (Å²) in [7, 11) is 0. The molecule has 5 rings (SSSR count). The third kappa shape index (κ3) is 5.84. The van der Waals surface area contributed by atoms with Gasteiger partial charge in [-0.1, -0.05) is 54.2 Å². The fraction of sp³-hybridized carbons (Fsp3) is 0.214. The average Bonchev–Trinajstić information content (AvgIpc) is 3.58. The van der Waals surface area contributed by atoms with Gasteiger partial charge in [0.05, 0.1) is 17.7 Å². The summed E-state index contributed by atoms with van der Waals surface area (Å²) in [5, 5.41) is 7.68. The number of pyridine rings is 1. The lowest BCUT2D eigenvalue weighted by Gasteiger charge is -2.35. The SMILES string of the molecule is CC1=C(C(=O)OCc2ccccc2)C(c2cccs2)N2C(CC(=O)NCCc3ccccn3)=CSC2=N1. The van der Waals surface area contributed by atoms with Gasteiger partial charge in [0.2, 0.25) is 5.91 Å².